The van der Waals surface area contributed by atoms with Gasteiger partial charge in [0.05, 0.1) is 5.69 Å². The van der Waals surface area contributed by atoms with E-state index in [1.165, 1.54) is 6.92 Å². The second kappa shape index (κ2) is 5.80. The minimum atomic E-state index is -0.235. The average Bonchev–Trinajstić information content (AvgIpc) is 2.39. The fraction of sp³-hybridized carbons (Fsp3) is 0.0667. The van der Waals surface area contributed by atoms with Crippen molar-refractivity contribution in [1.82, 2.24) is 0 Å². The first-order valence-electron chi connectivity index (χ1n) is 5.75. The van der Waals surface area contributed by atoms with E-state index in [0.717, 1.165) is 4.47 Å². The summed E-state index contributed by atoms with van der Waals surface area (Å²) in [6.45, 7) is 1.48. The number of hydrogen-bond donors (Lipinski definition) is 1. The molecule has 3 nitrogen and oxygen atoms in total. The maximum Gasteiger partial charge on any atom is 0.255 e. The van der Waals surface area contributed by atoms with Gasteiger partial charge in [-0.2, -0.15) is 0 Å². The van der Waals surface area contributed by atoms with Crippen molar-refractivity contribution < 1.29 is 9.59 Å². The van der Waals surface area contributed by atoms with Crippen molar-refractivity contribution in [1.29, 1.82) is 0 Å². The molecule has 2 rings (SSSR count). The highest BCUT2D eigenvalue weighted by atomic mass is 79.9. The second-order valence-electron chi connectivity index (χ2n) is 4.06. The van der Waals surface area contributed by atoms with Gasteiger partial charge >= 0.3 is 0 Å². The standard InChI is InChI=1S/C15H12BrNO2/c1-10(18)13-4-2-3-5-14(13)17-15(19)11-6-8-12(16)9-7-11/h2-9H,1H3,(H,17,19). The summed E-state index contributed by atoms with van der Waals surface area (Å²) in [4.78, 5) is 23.5. The Morgan fingerprint density at radius 2 is 1.63 bits per heavy atom. The molecule has 0 aliphatic carbocycles. The van der Waals surface area contributed by atoms with Crippen LogP contribution < -0.4 is 5.32 Å². The van der Waals surface area contributed by atoms with Crippen LogP contribution in [0.4, 0.5) is 5.69 Å². The van der Waals surface area contributed by atoms with Gasteiger partial charge in [0, 0.05) is 15.6 Å². The number of nitrogens with one attached hydrogen (secondary N) is 1. The van der Waals surface area contributed by atoms with Crippen molar-refractivity contribution in [3.8, 4) is 0 Å². The molecule has 0 bridgehead atoms. The van der Waals surface area contributed by atoms with Crippen molar-refractivity contribution in [3.05, 3.63) is 64.1 Å². The molecule has 0 aliphatic heterocycles. The van der Waals surface area contributed by atoms with E-state index >= 15 is 0 Å². The van der Waals surface area contributed by atoms with E-state index in [1.807, 2.05) is 0 Å². The van der Waals surface area contributed by atoms with E-state index in [0.29, 0.717) is 16.8 Å². The third-order valence-electron chi connectivity index (χ3n) is 2.66. The summed E-state index contributed by atoms with van der Waals surface area (Å²) in [6, 6.07) is 14.0. The molecule has 0 radical (unpaired) electrons. The molecule has 96 valence electrons. The van der Waals surface area contributed by atoms with Gasteiger partial charge in [-0.15, -0.1) is 0 Å². The first-order valence-corrected chi connectivity index (χ1v) is 6.54. The van der Waals surface area contributed by atoms with Crippen LogP contribution >= 0.6 is 15.9 Å². The molecule has 19 heavy (non-hydrogen) atoms. The quantitative estimate of drug-likeness (QED) is 0.872. The molecule has 0 heterocycles. The molecule has 0 aliphatic rings. The van der Waals surface area contributed by atoms with Gasteiger partial charge in [-0.25, -0.2) is 0 Å². The number of benzene rings is 2. The maximum atomic E-state index is 12.1. The number of amides is 1. The molecule has 1 N–H and O–H groups in total. The van der Waals surface area contributed by atoms with E-state index in [1.54, 1.807) is 48.5 Å². The number of anilines is 1. The van der Waals surface area contributed by atoms with Crippen LogP contribution in [-0.2, 0) is 0 Å². The molecule has 1 amide bonds. The number of halogens is 1. The minimum Gasteiger partial charge on any atom is -0.321 e. The van der Waals surface area contributed by atoms with Crippen molar-refractivity contribution >= 4 is 33.3 Å². The Balaban J connectivity index is 2.24. The molecular formula is C15H12BrNO2. The Morgan fingerprint density at radius 1 is 1.00 bits per heavy atom. The number of ketones is 1. The molecule has 2 aromatic carbocycles. The Morgan fingerprint density at radius 3 is 2.26 bits per heavy atom. The summed E-state index contributed by atoms with van der Waals surface area (Å²) < 4.78 is 0.910. The number of para-hydroxylation sites is 1. The van der Waals surface area contributed by atoms with Crippen LogP contribution in [0.25, 0.3) is 0 Å². The van der Waals surface area contributed by atoms with Crippen molar-refractivity contribution in [2.75, 3.05) is 5.32 Å². The molecule has 2 aromatic rings. The van der Waals surface area contributed by atoms with E-state index in [9.17, 15) is 9.59 Å². The number of Topliss-reactive ketones (excluding diaryl/α,β-unsaturated/α-hetero) is 1. The van der Waals surface area contributed by atoms with Gasteiger partial charge in [0.25, 0.3) is 5.91 Å². The molecule has 0 saturated heterocycles. The van der Waals surface area contributed by atoms with Crippen molar-refractivity contribution in [2.45, 2.75) is 6.92 Å². The molecule has 4 heteroatoms. The normalized spacial score (nSPS) is 10.0. The van der Waals surface area contributed by atoms with Gasteiger partial charge in [-0.3, -0.25) is 9.59 Å². The highest BCUT2D eigenvalue weighted by Gasteiger charge is 2.10. The Labute approximate surface area is 119 Å². The van der Waals surface area contributed by atoms with E-state index in [4.69, 9.17) is 0 Å². The summed E-state index contributed by atoms with van der Waals surface area (Å²) in [5, 5.41) is 2.75. The van der Waals surface area contributed by atoms with Crippen LogP contribution in [0.15, 0.2) is 53.0 Å². The fourth-order valence-corrected chi connectivity index (χ4v) is 1.96. The number of rotatable bonds is 3. The zero-order chi connectivity index (χ0) is 13.8. The lowest BCUT2D eigenvalue weighted by Gasteiger charge is -2.09. The highest BCUT2D eigenvalue weighted by Crippen LogP contribution is 2.17. The molecule has 0 saturated carbocycles. The van der Waals surface area contributed by atoms with Gasteiger partial charge in [0.15, 0.2) is 5.78 Å². The zero-order valence-electron chi connectivity index (χ0n) is 10.3. The van der Waals surface area contributed by atoms with Gasteiger partial charge < -0.3 is 5.32 Å². The van der Waals surface area contributed by atoms with Gasteiger partial charge in [-0.05, 0) is 43.3 Å². The summed E-state index contributed by atoms with van der Waals surface area (Å²) in [7, 11) is 0. The molecule has 0 aromatic heterocycles. The monoisotopic (exact) mass is 317 g/mol. The largest absolute Gasteiger partial charge is 0.321 e. The SMILES string of the molecule is CC(=O)c1ccccc1NC(=O)c1ccc(Br)cc1. The fourth-order valence-electron chi connectivity index (χ4n) is 1.69. The summed E-state index contributed by atoms with van der Waals surface area (Å²) >= 11 is 3.32. The summed E-state index contributed by atoms with van der Waals surface area (Å²) in [6.07, 6.45) is 0. The Bertz CT molecular complexity index is 620. The zero-order valence-corrected chi connectivity index (χ0v) is 11.9. The van der Waals surface area contributed by atoms with Crippen molar-refractivity contribution in [3.63, 3.8) is 0 Å². The lowest BCUT2D eigenvalue weighted by atomic mass is 10.1. The van der Waals surface area contributed by atoms with Crippen LogP contribution in [0, 0.1) is 0 Å². The molecule has 0 spiro atoms. The third kappa shape index (κ3) is 3.29. The molecular weight excluding hydrogens is 306 g/mol. The lowest BCUT2D eigenvalue weighted by molar-refractivity contribution is 0.101. The first kappa shape index (κ1) is 13.5. The average molecular weight is 318 g/mol. The number of carbonyl (C=O) groups excluding carboxylic acids is 2. The predicted octanol–water partition coefficient (Wildman–Crippen LogP) is 3.90. The van der Waals surface area contributed by atoms with Gasteiger partial charge in [0.2, 0.25) is 0 Å². The van der Waals surface area contributed by atoms with E-state index in [2.05, 4.69) is 21.2 Å². The van der Waals surface area contributed by atoms with Gasteiger partial charge in [-0.1, -0.05) is 28.1 Å². The van der Waals surface area contributed by atoms with Crippen molar-refractivity contribution in [2.24, 2.45) is 0 Å². The smallest absolute Gasteiger partial charge is 0.255 e. The Hall–Kier alpha value is -1.94. The van der Waals surface area contributed by atoms with E-state index < -0.39 is 0 Å². The summed E-state index contributed by atoms with van der Waals surface area (Å²) in [5.41, 5.74) is 1.58. The van der Waals surface area contributed by atoms with Gasteiger partial charge in [0.1, 0.15) is 0 Å². The topological polar surface area (TPSA) is 46.2 Å². The van der Waals surface area contributed by atoms with Crippen LogP contribution in [0.2, 0.25) is 0 Å². The predicted molar refractivity (Wildman–Crippen MR) is 78.5 cm³/mol. The van der Waals surface area contributed by atoms with Crippen LogP contribution in [0.3, 0.4) is 0 Å². The summed E-state index contributed by atoms with van der Waals surface area (Å²) in [5.74, 6) is -0.312. The Kier molecular flexibility index (Phi) is 4.12. The lowest BCUT2D eigenvalue weighted by Crippen LogP contribution is -2.14. The highest BCUT2D eigenvalue weighted by molar-refractivity contribution is 9.10. The van der Waals surface area contributed by atoms with Crippen LogP contribution in [-0.4, -0.2) is 11.7 Å². The third-order valence-corrected chi connectivity index (χ3v) is 3.19. The number of carbonyl (C=O) groups is 2. The van der Waals surface area contributed by atoms with Crippen LogP contribution in [0.1, 0.15) is 27.6 Å². The van der Waals surface area contributed by atoms with E-state index in [-0.39, 0.29) is 11.7 Å². The second-order valence-corrected chi connectivity index (χ2v) is 4.98. The molecule has 0 atom stereocenters. The first-order chi connectivity index (χ1) is 9.08. The van der Waals surface area contributed by atoms with Crippen LogP contribution in [0.5, 0.6) is 0 Å². The maximum absolute atomic E-state index is 12.1. The minimum absolute atomic E-state index is 0.0771. The molecule has 0 fully saturated rings. The number of hydrogen-bond acceptors (Lipinski definition) is 2. The molecule has 0 unspecified atom stereocenters.